The minimum atomic E-state index is -0.454. The van der Waals surface area contributed by atoms with Crippen molar-refractivity contribution in [2.45, 2.75) is 31.2 Å². The van der Waals surface area contributed by atoms with Gasteiger partial charge in [0.2, 0.25) is 0 Å². The molecule has 1 aliphatic rings. The van der Waals surface area contributed by atoms with Gasteiger partial charge in [0.1, 0.15) is 11.6 Å². The molecule has 1 unspecified atom stereocenters. The Balaban J connectivity index is 2.20. The van der Waals surface area contributed by atoms with E-state index >= 15 is 0 Å². The van der Waals surface area contributed by atoms with Crippen LogP contribution in [0.5, 0.6) is 0 Å². The fourth-order valence-corrected chi connectivity index (χ4v) is 3.03. The predicted molar refractivity (Wildman–Crippen MR) is 78.1 cm³/mol. The second-order valence-corrected chi connectivity index (χ2v) is 6.12. The van der Waals surface area contributed by atoms with E-state index < -0.39 is 5.82 Å². The van der Waals surface area contributed by atoms with Gasteiger partial charge in [-0.25, -0.2) is 9.37 Å². The summed E-state index contributed by atoms with van der Waals surface area (Å²) in [5, 5.41) is -0.133. The van der Waals surface area contributed by atoms with Crippen LogP contribution in [0.1, 0.15) is 37.0 Å². The molecule has 0 saturated carbocycles. The van der Waals surface area contributed by atoms with Crippen molar-refractivity contribution in [1.29, 1.82) is 0 Å². The van der Waals surface area contributed by atoms with Crippen LogP contribution in [0.25, 0.3) is 11.0 Å². The first-order valence-corrected chi connectivity index (χ1v) is 7.48. The van der Waals surface area contributed by atoms with Gasteiger partial charge in [0.05, 0.1) is 21.4 Å². The Morgan fingerprint density at radius 2 is 2.10 bits per heavy atom. The van der Waals surface area contributed by atoms with E-state index in [0.717, 1.165) is 37.4 Å². The third-order valence-corrected chi connectivity index (χ3v) is 4.16. The topological polar surface area (TPSA) is 27.1 Å². The van der Waals surface area contributed by atoms with Crippen LogP contribution in [-0.2, 0) is 4.74 Å². The maximum atomic E-state index is 13.6. The third kappa shape index (κ3) is 2.41. The average Bonchev–Trinajstić information content (AvgIpc) is 2.79. The Morgan fingerprint density at radius 3 is 2.75 bits per heavy atom. The number of hydrogen-bond donors (Lipinski definition) is 0. The molecule has 1 aliphatic heterocycles. The Hall–Kier alpha value is -0.840. The van der Waals surface area contributed by atoms with Crippen molar-refractivity contribution in [1.82, 2.24) is 9.55 Å². The van der Waals surface area contributed by atoms with E-state index in [0.29, 0.717) is 5.52 Å². The molecule has 0 radical (unpaired) electrons. The summed E-state index contributed by atoms with van der Waals surface area (Å²) in [7, 11) is 0. The molecule has 3 nitrogen and oxygen atoms in total. The number of benzene rings is 1. The molecular weight excluding hydrogens is 302 g/mol. The number of halogens is 3. The molecule has 1 atom stereocenters. The second-order valence-electron chi connectivity index (χ2n) is 5.05. The Kier molecular flexibility index (Phi) is 3.89. The zero-order valence-electron chi connectivity index (χ0n) is 11.1. The third-order valence-electron chi connectivity index (χ3n) is 3.67. The SMILES string of the molecule is CC(Cl)c1nc2cc(F)c(Cl)cc2n1C1CCOCC1. The Bertz CT molecular complexity index is 636. The first-order valence-electron chi connectivity index (χ1n) is 6.66. The van der Waals surface area contributed by atoms with E-state index in [1.165, 1.54) is 6.07 Å². The van der Waals surface area contributed by atoms with Crippen LogP contribution in [0.4, 0.5) is 4.39 Å². The summed E-state index contributed by atoms with van der Waals surface area (Å²) in [6, 6.07) is 3.28. The van der Waals surface area contributed by atoms with Crippen LogP contribution >= 0.6 is 23.2 Å². The molecule has 1 aromatic carbocycles. The number of nitrogens with zero attached hydrogens (tertiary/aromatic N) is 2. The molecule has 3 rings (SSSR count). The fraction of sp³-hybridized carbons (Fsp3) is 0.500. The second kappa shape index (κ2) is 5.51. The largest absolute Gasteiger partial charge is 0.381 e. The van der Waals surface area contributed by atoms with Crippen LogP contribution in [0.2, 0.25) is 5.02 Å². The van der Waals surface area contributed by atoms with Crippen molar-refractivity contribution in [3.8, 4) is 0 Å². The molecule has 1 fully saturated rings. The maximum absolute atomic E-state index is 13.6. The van der Waals surface area contributed by atoms with Crippen molar-refractivity contribution in [2.75, 3.05) is 13.2 Å². The fourth-order valence-electron chi connectivity index (χ4n) is 2.72. The average molecular weight is 317 g/mol. The molecule has 1 saturated heterocycles. The molecule has 20 heavy (non-hydrogen) atoms. The molecular formula is C14H15Cl2FN2O. The zero-order chi connectivity index (χ0) is 14.3. The van der Waals surface area contributed by atoms with Crippen molar-refractivity contribution in [3.05, 3.63) is 28.8 Å². The van der Waals surface area contributed by atoms with Crippen LogP contribution in [0.15, 0.2) is 12.1 Å². The van der Waals surface area contributed by atoms with E-state index in [-0.39, 0.29) is 16.4 Å². The maximum Gasteiger partial charge on any atom is 0.144 e. The molecule has 0 N–H and O–H groups in total. The van der Waals surface area contributed by atoms with E-state index in [4.69, 9.17) is 27.9 Å². The molecule has 0 amide bonds. The van der Waals surface area contributed by atoms with E-state index in [1.54, 1.807) is 6.07 Å². The molecule has 0 bridgehead atoms. The van der Waals surface area contributed by atoms with Crippen molar-refractivity contribution < 1.29 is 9.13 Å². The van der Waals surface area contributed by atoms with E-state index in [2.05, 4.69) is 9.55 Å². The molecule has 0 aliphatic carbocycles. The van der Waals surface area contributed by atoms with Gasteiger partial charge in [-0.05, 0) is 25.8 Å². The van der Waals surface area contributed by atoms with Gasteiger partial charge in [0.15, 0.2) is 0 Å². The highest BCUT2D eigenvalue weighted by Crippen LogP contribution is 2.34. The Labute approximate surface area is 126 Å². The van der Waals surface area contributed by atoms with Crippen LogP contribution in [0.3, 0.4) is 0 Å². The molecule has 0 spiro atoms. The van der Waals surface area contributed by atoms with Crippen molar-refractivity contribution >= 4 is 34.2 Å². The minimum Gasteiger partial charge on any atom is -0.381 e. The number of ether oxygens (including phenoxy) is 1. The number of rotatable bonds is 2. The minimum absolute atomic E-state index is 0.111. The lowest BCUT2D eigenvalue weighted by atomic mass is 10.1. The van der Waals surface area contributed by atoms with Gasteiger partial charge in [-0.15, -0.1) is 11.6 Å². The normalized spacial score (nSPS) is 18.6. The van der Waals surface area contributed by atoms with Crippen molar-refractivity contribution in [2.24, 2.45) is 0 Å². The van der Waals surface area contributed by atoms with Crippen LogP contribution in [-0.4, -0.2) is 22.8 Å². The van der Waals surface area contributed by atoms with Gasteiger partial charge < -0.3 is 9.30 Å². The van der Waals surface area contributed by atoms with Crippen LogP contribution < -0.4 is 0 Å². The Morgan fingerprint density at radius 1 is 1.40 bits per heavy atom. The van der Waals surface area contributed by atoms with E-state index in [9.17, 15) is 4.39 Å². The van der Waals surface area contributed by atoms with Crippen LogP contribution in [0, 0.1) is 5.82 Å². The number of aromatic nitrogens is 2. The summed E-state index contributed by atoms with van der Waals surface area (Å²) in [4.78, 5) is 4.48. The number of imidazole rings is 1. The zero-order valence-corrected chi connectivity index (χ0v) is 12.6. The van der Waals surface area contributed by atoms with Gasteiger partial charge in [-0.3, -0.25) is 0 Å². The highest BCUT2D eigenvalue weighted by molar-refractivity contribution is 6.31. The summed E-state index contributed by atoms with van der Waals surface area (Å²) < 4.78 is 21.1. The predicted octanol–water partition coefficient (Wildman–Crippen LogP) is 4.48. The van der Waals surface area contributed by atoms with Crippen molar-refractivity contribution in [3.63, 3.8) is 0 Å². The quantitative estimate of drug-likeness (QED) is 0.764. The van der Waals surface area contributed by atoms with Gasteiger partial charge in [-0.2, -0.15) is 0 Å². The standard InChI is InChI=1S/C14H15Cl2FN2O/c1-8(15)14-18-12-7-11(17)10(16)6-13(12)19(14)9-2-4-20-5-3-9/h6-9H,2-5H2,1H3. The summed E-state index contributed by atoms with van der Waals surface area (Å²) >= 11 is 12.2. The molecule has 6 heteroatoms. The van der Waals surface area contributed by atoms with E-state index in [1.807, 2.05) is 6.92 Å². The van der Waals surface area contributed by atoms with Gasteiger partial charge in [0, 0.05) is 25.3 Å². The van der Waals surface area contributed by atoms with Gasteiger partial charge >= 0.3 is 0 Å². The molecule has 108 valence electrons. The lowest BCUT2D eigenvalue weighted by molar-refractivity contribution is 0.0698. The van der Waals surface area contributed by atoms with Gasteiger partial charge in [-0.1, -0.05) is 11.6 Å². The smallest absolute Gasteiger partial charge is 0.144 e. The first-order chi connectivity index (χ1) is 9.58. The highest BCUT2D eigenvalue weighted by atomic mass is 35.5. The monoisotopic (exact) mass is 316 g/mol. The molecule has 1 aromatic heterocycles. The lowest BCUT2D eigenvalue weighted by Crippen LogP contribution is -2.21. The first kappa shape index (κ1) is 14.1. The summed E-state index contributed by atoms with van der Waals surface area (Å²) in [6.07, 6.45) is 1.80. The molecule has 2 heterocycles. The molecule has 2 aromatic rings. The number of hydrogen-bond acceptors (Lipinski definition) is 2. The highest BCUT2D eigenvalue weighted by Gasteiger charge is 2.24. The summed E-state index contributed by atoms with van der Waals surface area (Å²) in [5.74, 6) is 0.305. The van der Waals surface area contributed by atoms with Gasteiger partial charge in [0.25, 0.3) is 0 Å². The lowest BCUT2D eigenvalue weighted by Gasteiger charge is -2.26. The number of fused-ring (bicyclic) bond motifs is 1. The summed E-state index contributed by atoms with van der Waals surface area (Å²) in [6.45, 7) is 3.31. The summed E-state index contributed by atoms with van der Waals surface area (Å²) in [5.41, 5.74) is 1.44. The number of alkyl halides is 1.